The number of carbonyl (C=O) groups is 1. The highest BCUT2D eigenvalue weighted by atomic mass is 32.2. The van der Waals surface area contributed by atoms with E-state index in [9.17, 15) is 48.0 Å². The van der Waals surface area contributed by atoms with Crippen LogP contribution in [-0.4, -0.2) is 121 Å². The molecule has 8 rings (SSSR count). The van der Waals surface area contributed by atoms with E-state index in [4.69, 9.17) is 61.9 Å². The van der Waals surface area contributed by atoms with Crippen molar-refractivity contribution in [2.45, 2.75) is 96.6 Å². The number of amidine groups is 1. The van der Waals surface area contributed by atoms with E-state index in [-0.39, 0.29) is 65.9 Å². The molecule has 93 heavy (non-hydrogen) atoms. The number of unbranched alkanes of at least 4 members (excludes halogenated alkanes) is 2. The molecular weight excluding hydrogens is 1290 g/mol. The predicted octanol–water partition coefficient (Wildman–Crippen LogP) is 13.7. The van der Waals surface area contributed by atoms with Crippen LogP contribution in [0.25, 0.3) is 9.69 Å². The van der Waals surface area contributed by atoms with Crippen molar-refractivity contribution >= 4 is 89.2 Å². The Bertz CT molecular complexity index is 3920. The van der Waals surface area contributed by atoms with Gasteiger partial charge in [-0.25, -0.2) is 26.5 Å². The number of alkyl halides is 6. The van der Waals surface area contributed by atoms with Gasteiger partial charge in [0.25, 0.3) is 5.91 Å². The number of amides is 1. The molecule has 6 aromatic carbocycles. The number of halogens is 6. The van der Waals surface area contributed by atoms with Crippen molar-refractivity contribution in [2.24, 2.45) is 0 Å². The first-order valence-electron chi connectivity index (χ1n) is 28.8. The van der Waals surface area contributed by atoms with Crippen molar-refractivity contribution in [3.8, 4) is 23.0 Å². The highest BCUT2D eigenvalue weighted by Crippen LogP contribution is 2.43. The van der Waals surface area contributed by atoms with Crippen molar-refractivity contribution in [3.05, 3.63) is 190 Å². The minimum absolute atomic E-state index is 0.00599. The first kappa shape index (κ1) is 72.1. The van der Waals surface area contributed by atoms with Gasteiger partial charge in [0.2, 0.25) is 20.0 Å². The Hall–Kier alpha value is -8.38. The van der Waals surface area contributed by atoms with Crippen LogP contribution in [0.15, 0.2) is 133 Å². The molecule has 0 saturated carbocycles. The fourth-order valence-corrected chi connectivity index (χ4v) is 14.2. The summed E-state index contributed by atoms with van der Waals surface area (Å²) >= 11 is 11.2. The van der Waals surface area contributed by atoms with Crippen LogP contribution in [0.3, 0.4) is 0 Å². The minimum Gasteiger partial charge on any atom is -0.497 e. The highest BCUT2D eigenvalue weighted by molar-refractivity contribution is 7.89. The normalized spacial score (nSPS) is 14.9. The van der Waals surface area contributed by atoms with Crippen molar-refractivity contribution in [3.63, 3.8) is 0 Å². The van der Waals surface area contributed by atoms with Crippen LogP contribution in [0.2, 0.25) is 0 Å². The number of hydrogen-bond donors (Lipinski definition) is 1. The van der Waals surface area contributed by atoms with Crippen molar-refractivity contribution in [1.82, 2.24) is 18.4 Å². The van der Waals surface area contributed by atoms with E-state index in [0.29, 0.717) is 54.9 Å². The first-order valence-corrected chi connectivity index (χ1v) is 32.8. The molecule has 2 saturated heterocycles. The molecule has 0 aromatic heterocycles. The molecule has 2 aliphatic heterocycles. The van der Waals surface area contributed by atoms with Gasteiger partial charge < -0.3 is 28.7 Å². The zero-order valence-electron chi connectivity index (χ0n) is 52.1. The van der Waals surface area contributed by atoms with Gasteiger partial charge in [0.15, 0.2) is 21.6 Å². The second-order valence-corrected chi connectivity index (χ2v) is 27.5. The average molecular weight is 1360 g/mol. The maximum atomic E-state index is 13.9. The third kappa shape index (κ3) is 17.1. The second kappa shape index (κ2) is 29.7. The number of rotatable bonds is 25. The van der Waals surface area contributed by atoms with Crippen molar-refractivity contribution in [2.75, 3.05) is 62.8 Å². The Morgan fingerprint density at radius 2 is 0.828 bits per heavy atom. The van der Waals surface area contributed by atoms with E-state index in [0.717, 1.165) is 45.4 Å². The number of thiocarbonyl (C=S) groups is 2. The summed E-state index contributed by atoms with van der Waals surface area (Å²) in [6, 6.07) is 34.7. The number of benzene rings is 6. The number of nitrogens with zero attached hydrogens (tertiary/aromatic N) is 8. The molecule has 6 aromatic rings. The van der Waals surface area contributed by atoms with E-state index in [1.807, 2.05) is 24.3 Å². The molecule has 0 bridgehead atoms. The van der Waals surface area contributed by atoms with E-state index in [2.05, 4.69) is 9.69 Å². The molecule has 18 nitrogen and oxygen atoms in total. The molecule has 2 heterocycles. The van der Waals surface area contributed by atoms with Crippen molar-refractivity contribution in [1.29, 1.82) is 5.41 Å². The molecule has 2 fully saturated rings. The van der Waals surface area contributed by atoms with Crippen LogP contribution < -0.4 is 28.7 Å². The third-order valence-corrected chi connectivity index (χ3v) is 20.2. The van der Waals surface area contributed by atoms with Crippen LogP contribution in [0.4, 0.5) is 49.1 Å². The number of hydrogen-bond acceptors (Lipinski definition) is 12. The summed E-state index contributed by atoms with van der Waals surface area (Å²) in [4.78, 5) is 24.8. The second-order valence-electron chi connectivity index (χ2n) is 22.6. The molecule has 0 unspecified atom stereocenters. The van der Waals surface area contributed by atoms with Gasteiger partial charge in [-0.3, -0.25) is 20.0 Å². The molecule has 0 atom stereocenters. The standard InChI is InChI=1S/C34H38F3N5O4S2.C31H31F3N4O5S2/c1-33(2)31(38)42(26-13-18-30(39-3)29(21-26)34(35,36)37)32(47)41(33)19-7-6-8-20-48(43,44)40(22-24-9-14-27(45-4)15-10-24)23-25-11-16-28(46-5)17-12-25;1-30(2)28(39)38(23-10-15-27(35-3)26(18-23)31(32,33)34)29(44)37(30)16-17-45(40,41)36(19-21-6-11-24(42-4)12-7-21)20-22-8-13-25(43-5)14-9-22/h9-18,21,38H,6-8,19-20,22-23H2,1-2,4-5H3;6-15,18H,16-17,19-20H2,1-2,4-5H3. The lowest BCUT2D eigenvalue weighted by atomic mass is 10.0. The fourth-order valence-electron chi connectivity index (χ4n) is 10.3. The summed E-state index contributed by atoms with van der Waals surface area (Å²) in [5.74, 6) is 1.45. The molecule has 2 aliphatic rings. The van der Waals surface area contributed by atoms with E-state index >= 15 is 0 Å². The number of sulfonamides is 2. The number of anilines is 2. The van der Waals surface area contributed by atoms with Gasteiger partial charge in [-0.1, -0.05) is 67.1 Å². The van der Waals surface area contributed by atoms with Crippen molar-refractivity contribution < 1.29 is 66.9 Å². The molecule has 0 aliphatic carbocycles. The zero-order chi connectivity index (χ0) is 68.4. The molecular formula is C65H69F6N9O9S4. The molecule has 494 valence electrons. The monoisotopic (exact) mass is 1360 g/mol. The Balaban J connectivity index is 0.000000264. The lowest BCUT2D eigenvalue weighted by molar-refractivity contribution is -0.137. The Labute approximate surface area is 549 Å². The number of methoxy groups -OCH3 is 4. The zero-order valence-corrected chi connectivity index (χ0v) is 55.4. The van der Waals surface area contributed by atoms with Crippen LogP contribution in [0.5, 0.6) is 23.0 Å². The van der Waals surface area contributed by atoms with Crippen LogP contribution in [0.1, 0.15) is 80.3 Å². The SMILES string of the molecule is [C-]#[N+]c1ccc(N2C(=N)C(C)(C)N(CCCCCS(=O)(=O)N(Cc3ccc(OC)cc3)Cc3ccc(OC)cc3)C2=S)cc1C(F)(F)F.[C-]#[N+]c1ccc(N2C(=O)C(C)(C)N(CCS(=O)(=O)N(Cc3ccc(OC)cc3)Cc3ccc(OC)cc3)C2=S)cc1C(F)(F)F. The van der Waals surface area contributed by atoms with Gasteiger partial charge >= 0.3 is 12.4 Å². The van der Waals surface area contributed by atoms with Gasteiger partial charge in [-0.2, -0.15) is 35.0 Å². The van der Waals surface area contributed by atoms with Gasteiger partial charge in [-0.05, 0) is 160 Å². The lowest BCUT2D eigenvalue weighted by Crippen LogP contribution is -2.47. The summed E-state index contributed by atoms with van der Waals surface area (Å²) in [5, 5.41) is 8.80. The summed E-state index contributed by atoms with van der Waals surface area (Å²) in [6.45, 7) is 21.4. The van der Waals surface area contributed by atoms with Gasteiger partial charge in [0.1, 0.15) is 34.4 Å². The summed E-state index contributed by atoms with van der Waals surface area (Å²) in [7, 11) is -1.48. The predicted molar refractivity (Wildman–Crippen MR) is 352 cm³/mol. The van der Waals surface area contributed by atoms with Gasteiger partial charge in [0.05, 0.1) is 69.8 Å². The largest absolute Gasteiger partial charge is 0.497 e. The molecule has 1 amide bonds. The van der Waals surface area contributed by atoms with Crippen LogP contribution >= 0.6 is 24.4 Å². The lowest BCUT2D eigenvalue weighted by Gasteiger charge is -2.30. The van der Waals surface area contributed by atoms with E-state index in [1.165, 1.54) is 58.6 Å². The van der Waals surface area contributed by atoms with Crippen LogP contribution in [0, 0.1) is 18.6 Å². The smallest absolute Gasteiger partial charge is 0.407 e. The topological polar surface area (TPSA) is 174 Å². The quantitative estimate of drug-likeness (QED) is 0.0248. The summed E-state index contributed by atoms with van der Waals surface area (Å²) < 4.78 is 161. The molecule has 0 radical (unpaired) electrons. The van der Waals surface area contributed by atoms with Gasteiger partial charge in [-0.15, -0.1) is 0 Å². The third-order valence-electron chi connectivity index (χ3n) is 15.8. The maximum absolute atomic E-state index is 13.9. The van der Waals surface area contributed by atoms with E-state index < -0.39 is 77.6 Å². The van der Waals surface area contributed by atoms with Crippen LogP contribution in [-0.2, 0) is 63.4 Å². The Kier molecular flexibility index (Phi) is 23.0. The number of ether oxygens (including phenoxy) is 4. The van der Waals surface area contributed by atoms with E-state index in [1.54, 1.807) is 106 Å². The van der Waals surface area contributed by atoms with Gasteiger partial charge in [0, 0.05) is 50.6 Å². The Morgan fingerprint density at radius 3 is 1.17 bits per heavy atom. The average Bonchev–Trinajstić information content (AvgIpc) is 1.61. The maximum Gasteiger partial charge on any atom is 0.407 e. The molecule has 28 heteroatoms. The first-order chi connectivity index (χ1) is 43.7. The number of carbonyl (C=O) groups excluding carboxylic acids is 1. The molecule has 1 N–H and O–H groups in total. The fraction of sp³-hybridized carbons (Fsp3) is 0.354. The molecule has 0 spiro atoms. The minimum atomic E-state index is -4.83. The number of nitrogens with one attached hydrogen (secondary N) is 1. The Morgan fingerprint density at radius 1 is 0.495 bits per heavy atom. The summed E-state index contributed by atoms with van der Waals surface area (Å²) in [6.07, 6.45) is -8.12. The highest BCUT2D eigenvalue weighted by Gasteiger charge is 2.51. The summed E-state index contributed by atoms with van der Waals surface area (Å²) in [5.41, 5.74) is -2.75.